The molecule has 0 bridgehead atoms. The second-order valence-electron chi connectivity index (χ2n) is 5.83. The number of aromatic nitrogens is 2. The maximum absolute atomic E-state index is 5.98. The molecule has 0 fully saturated rings. The summed E-state index contributed by atoms with van der Waals surface area (Å²) in [6.07, 6.45) is 6.01. The van der Waals surface area contributed by atoms with Gasteiger partial charge in [-0.15, -0.1) is 0 Å². The number of hydrogen-bond donors (Lipinski definition) is 0. The molecule has 0 spiro atoms. The molecular weight excluding hydrogens is 273 g/mol. The number of furan rings is 1. The van der Waals surface area contributed by atoms with Crippen LogP contribution in [0.5, 0.6) is 0 Å². The molecule has 4 heterocycles. The minimum absolute atomic E-state index is 0.151. The van der Waals surface area contributed by atoms with E-state index in [1.54, 1.807) is 6.20 Å². The van der Waals surface area contributed by atoms with Gasteiger partial charge in [-0.25, -0.2) is 9.55 Å². The third-order valence-electron chi connectivity index (χ3n) is 4.31. The van der Waals surface area contributed by atoms with Gasteiger partial charge in [0.2, 0.25) is 5.71 Å². The number of rotatable bonds is 1. The van der Waals surface area contributed by atoms with Gasteiger partial charge in [0.15, 0.2) is 17.7 Å². The van der Waals surface area contributed by atoms with Crippen LogP contribution in [-0.2, 0) is 7.05 Å². The molecule has 1 aliphatic rings. The number of fused-ring (bicyclic) bond motifs is 3. The van der Waals surface area contributed by atoms with Gasteiger partial charge in [0, 0.05) is 29.3 Å². The Labute approximate surface area is 129 Å². The van der Waals surface area contributed by atoms with Crippen LogP contribution in [0, 0.1) is 6.92 Å². The first-order valence-corrected chi connectivity index (χ1v) is 7.40. The highest BCUT2D eigenvalue weighted by molar-refractivity contribution is 6.80. The van der Waals surface area contributed by atoms with Crippen LogP contribution in [0.4, 0.5) is 5.88 Å². The van der Waals surface area contributed by atoms with Gasteiger partial charge in [-0.3, -0.25) is 0 Å². The normalized spacial score (nSPS) is 13.8. The first-order valence-electron chi connectivity index (χ1n) is 7.40. The second kappa shape index (κ2) is 4.73. The minimum Gasteiger partial charge on any atom is -0.423 e. The summed E-state index contributed by atoms with van der Waals surface area (Å²) in [4.78, 5) is 6.49. The molecule has 0 unspecified atom stereocenters. The summed E-state index contributed by atoms with van der Waals surface area (Å²) in [5.41, 5.74) is 4.29. The van der Waals surface area contributed by atoms with E-state index in [0.29, 0.717) is 5.71 Å². The van der Waals surface area contributed by atoms with Crippen LogP contribution < -0.4 is 15.0 Å². The van der Waals surface area contributed by atoms with E-state index in [2.05, 4.69) is 71.8 Å². The predicted octanol–water partition coefficient (Wildman–Crippen LogP) is 1.86. The lowest BCUT2D eigenvalue weighted by Crippen LogP contribution is -2.60. The number of aryl methyl sites for hydroxylation is 2. The topological polar surface area (TPSA) is 33.1 Å². The Morgan fingerprint density at radius 2 is 2.18 bits per heavy atom. The van der Waals surface area contributed by atoms with Gasteiger partial charge in [0.05, 0.1) is 0 Å². The Morgan fingerprint density at radius 1 is 1.32 bits per heavy atom. The van der Waals surface area contributed by atoms with Crippen molar-refractivity contribution in [1.82, 2.24) is 4.98 Å². The summed E-state index contributed by atoms with van der Waals surface area (Å²) in [5, 5.41) is 1.06. The largest absolute Gasteiger partial charge is 0.423 e. The van der Waals surface area contributed by atoms with E-state index in [4.69, 9.17) is 4.42 Å². The zero-order valence-electron chi connectivity index (χ0n) is 12.9. The number of pyridine rings is 2. The van der Waals surface area contributed by atoms with Gasteiger partial charge in [0.1, 0.15) is 7.05 Å². The summed E-state index contributed by atoms with van der Waals surface area (Å²) in [6, 6.07) is 8.33. The fourth-order valence-electron chi connectivity index (χ4n) is 3.09. The van der Waals surface area contributed by atoms with Crippen LogP contribution in [0.25, 0.3) is 17.2 Å². The zero-order valence-corrected chi connectivity index (χ0v) is 12.9. The van der Waals surface area contributed by atoms with E-state index in [1.165, 1.54) is 11.2 Å². The summed E-state index contributed by atoms with van der Waals surface area (Å²) in [5.74, 6) is 3.10. The van der Waals surface area contributed by atoms with Crippen LogP contribution in [0.3, 0.4) is 0 Å². The smallest absolute Gasteiger partial charge is 0.398 e. The van der Waals surface area contributed by atoms with E-state index in [9.17, 15) is 0 Å². The van der Waals surface area contributed by atoms with Crippen molar-refractivity contribution in [3.63, 3.8) is 0 Å². The quantitative estimate of drug-likeness (QED) is 0.506. The van der Waals surface area contributed by atoms with Crippen molar-refractivity contribution in [2.75, 3.05) is 11.9 Å². The molecule has 22 heavy (non-hydrogen) atoms. The Hall–Kier alpha value is -2.56. The van der Waals surface area contributed by atoms with Crippen molar-refractivity contribution >= 4 is 35.5 Å². The Morgan fingerprint density at radius 3 is 3.05 bits per heavy atom. The molecule has 3 aromatic rings. The third-order valence-corrected chi connectivity index (χ3v) is 4.31. The highest BCUT2D eigenvalue weighted by atomic mass is 16.4. The monoisotopic (exact) mass is 290 g/mol. The van der Waals surface area contributed by atoms with Crippen molar-refractivity contribution in [1.29, 1.82) is 0 Å². The molecule has 0 atom stereocenters. The predicted molar refractivity (Wildman–Crippen MR) is 89.2 cm³/mol. The SMILES string of the molecule is Cc1cc[n+](C)c(B2C=Cc3c(oc4ncccc34)N2C)c1. The van der Waals surface area contributed by atoms with Crippen LogP contribution in [0.15, 0.2) is 47.1 Å². The Kier molecular flexibility index (Phi) is 2.82. The van der Waals surface area contributed by atoms with Gasteiger partial charge in [-0.1, -0.05) is 12.1 Å². The molecule has 0 saturated heterocycles. The fraction of sp³-hybridized carbons (Fsp3) is 0.176. The molecule has 0 aliphatic carbocycles. The maximum Gasteiger partial charge on any atom is 0.398 e. The lowest BCUT2D eigenvalue weighted by molar-refractivity contribution is -0.654. The van der Waals surface area contributed by atoms with E-state index < -0.39 is 0 Å². The summed E-state index contributed by atoms with van der Waals surface area (Å²) in [7, 11) is 4.14. The van der Waals surface area contributed by atoms with E-state index in [1.807, 2.05) is 6.07 Å². The van der Waals surface area contributed by atoms with Crippen molar-refractivity contribution < 1.29 is 8.98 Å². The molecule has 108 valence electrons. The number of hydrogen-bond acceptors (Lipinski definition) is 3. The molecule has 4 nitrogen and oxygen atoms in total. The van der Waals surface area contributed by atoms with Crippen LogP contribution in [0.2, 0.25) is 0 Å². The summed E-state index contributed by atoms with van der Waals surface area (Å²) >= 11 is 0. The molecule has 1 aliphatic heterocycles. The van der Waals surface area contributed by atoms with E-state index >= 15 is 0 Å². The molecular formula is C17H17BN3O+. The van der Waals surface area contributed by atoms with Crippen molar-refractivity contribution in [2.24, 2.45) is 7.05 Å². The molecule has 5 heteroatoms. The second-order valence-corrected chi connectivity index (χ2v) is 5.83. The first kappa shape index (κ1) is 13.1. The zero-order chi connectivity index (χ0) is 15.3. The highest BCUT2D eigenvalue weighted by Gasteiger charge is 2.35. The number of anilines is 1. The van der Waals surface area contributed by atoms with Crippen molar-refractivity contribution in [2.45, 2.75) is 6.92 Å². The van der Waals surface area contributed by atoms with Crippen LogP contribution >= 0.6 is 0 Å². The molecule has 3 aromatic heterocycles. The Bertz CT molecular complexity index is 900. The molecule has 4 rings (SSSR count). The molecule has 0 N–H and O–H groups in total. The summed E-state index contributed by atoms with van der Waals surface area (Å²) in [6.45, 7) is 2.27. The van der Waals surface area contributed by atoms with Gasteiger partial charge in [-0.2, -0.15) is 0 Å². The van der Waals surface area contributed by atoms with Gasteiger partial charge >= 0.3 is 6.85 Å². The van der Waals surface area contributed by atoms with E-state index in [-0.39, 0.29) is 6.85 Å². The van der Waals surface area contributed by atoms with Crippen LogP contribution in [-0.4, -0.2) is 18.9 Å². The van der Waals surface area contributed by atoms with Gasteiger partial charge in [-0.05, 0) is 31.7 Å². The molecule has 0 radical (unpaired) electrons. The third kappa shape index (κ3) is 1.85. The summed E-state index contributed by atoms with van der Waals surface area (Å²) < 4.78 is 8.14. The van der Waals surface area contributed by atoms with E-state index in [0.717, 1.165) is 16.8 Å². The van der Waals surface area contributed by atoms with Crippen molar-refractivity contribution in [3.8, 4) is 0 Å². The highest BCUT2D eigenvalue weighted by Crippen LogP contribution is 2.34. The molecule has 0 aromatic carbocycles. The lowest BCUT2D eigenvalue weighted by atomic mass is 9.55. The van der Waals surface area contributed by atoms with Gasteiger partial charge in [0.25, 0.3) is 0 Å². The molecule has 0 saturated carbocycles. The van der Waals surface area contributed by atoms with Gasteiger partial charge < -0.3 is 9.23 Å². The Balaban J connectivity index is 1.86. The minimum atomic E-state index is 0.151. The lowest BCUT2D eigenvalue weighted by Gasteiger charge is -2.24. The number of nitrogens with zero attached hydrogens (tertiary/aromatic N) is 3. The standard InChI is InChI=1S/C17H17BN3O/c1-12-7-10-20(2)15(11-12)18-8-6-14-13-5-4-9-19-16(13)22-17(14)21(18)3/h4-11H,1-3H3/q+1. The van der Waals surface area contributed by atoms with Crippen LogP contribution in [0.1, 0.15) is 11.1 Å². The maximum atomic E-state index is 5.98. The first-order chi connectivity index (χ1) is 10.6. The average Bonchev–Trinajstić information content (AvgIpc) is 2.90. The molecule has 0 amide bonds. The van der Waals surface area contributed by atoms with Crippen molar-refractivity contribution in [3.05, 3.63) is 53.8 Å². The fourth-order valence-corrected chi connectivity index (χ4v) is 3.09. The average molecular weight is 290 g/mol.